The summed E-state index contributed by atoms with van der Waals surface area (Å²) in [6.45, 7) is 3.60. The summed E-state index contributed by atoms with van der Waals surface area (Å²) < 4.78 is 5.06. The van der Waals surface area contributed by atoms with Crippen LogP contribution in [-0.4, -0.2) is 12.2 Å². The van der Waals surface area contributed by atoms with Crippen LogP contribution >= 0.6 is 0 Å². The van der Waals surface area contributed by atoms with Gasteiger partial charge in [-0.2, -0.15) is 5.26 Å². The van der Waals surface area contributed by atoms with Crippen LogP contribution in [0.5, 0.6) is 11.5 Å². The molecule has 0 spiro atoms. The van der Waals surface area contributed by atoms with Gasteiger partial charge in [0.1, 0.15) is 17.6 Å². The summed E-state index contributed by atoms with van der Waals surface area (Å²) in [4.78, 5) is 0. The first-order valence-electron chi connectivity index (χ1n) is 3.89. The summed E-state index contributed by atoms with van der Waals surface area (Å²) in [5.41, 5.74) is 1.80. The molecule has 0 radical (unpaired) electrons. The molecule has 3 heteroatoms. The molecule has 1 rings (SSSR count). The van der Waals surface area contributed by atoms with E-state index in [1.54, 1.807) is 14.0 Å². The third kappa shape index (κ3) is 1.43. The minimum absolute atomic E-state index is 0.0424. The van der Waals surface area contributed by atoms with Crippen LogP contribution in [-0.2, 0) is 0 Å². The van der Waals surface area contributed by atoms with Crippen LogP contribution in [0.1, 0.15) is 16.7 Å². The summed E-state index contributed by atoms with van der Waals surface area (Å²) in [7, 11) is 1.54. The van der Waals surface area contributed by atoms with E-state index in [9.17, 15) is 5.11 Å². The Hall–Kier alpha value is -1.69. The molecule has 0 aliphatic rings. The maximum Gasteiger partial charge on any atom is 0.136 e. The molecular weight excluding hydrogens is 166 g/mol. The van der Waals surface area contributed by atoms with Crippen molar-refractivity contribution < 1.29 is 9.84 Å². The zero-order chi connectivity index (χ0) is 10.0. The van der Waals surface area contributed by atoms with Gasteiger partial charge in [-0.15, -0.1) is 0 Å². The number of nitriles is 1. The van der Waals surface area contributed by atoms with Crippen LogP contribution in [0.4, 0.5) is 0 Å². The lowest BCUT2D eigenvalue weighted by atomic mass is 10.0. The number of hydrogen-bond donors (Lipinski definition) is 1. The monoisotopic (exact) mass is 177 g/mol. The molecule has 13 heavy (non-hydrogen) atoms. The third-order valence-electron chi connectivity index (χ3n) is 2.16. The van der Waals surface area contributed by atoms with Gasteiger partial charge in [-0.3, -0.25) is 0 Å². The largest absolute Gasteiger partial charge is 0.506 e. The lowest BCUT2D eigenvalue weighted by Crippen LogP contribution is -1.92. The number of phenols is 1. The summed E-state index contributed by atoms with van der Waals surface area (Å²) in [5, 5.41) is 18.2. The molecule has 1 N–H and O–H groups in total. The second-order valence-corrected chi connectivity index (χ2v) is 2.84. The van der Waals surface area contributed by atoms with E-state index in [1.807, 2.05) is 13.0 Å². The van der Waals surface area contributed by atoms with Crippen molar-refractivity contribution in [3.05, 3.63) is 22.8 Å². The van der Waals surface area contributed by atoms with Crippen molar-refractivity contribution in [3.63, 3.8) is 0 Å². The van der Waals surface area contributed by atoms with E-state index >= 15 is 0 Å². The molecule has 0 aliphatic heterocycles. The number of aromatic hydroxyl groups is 1. The smallest absolute Gasteiger partial charge is 0.136 e. The van der Waals surface area contributed by atoms with Gasteiger partial charge in [-0.25, -0.2) is 0 Å². The summed E-state index contributed by atoms with van der Waals surface area (Å²) in [6, 6.07) is 3.45. The Morgan fingerprint density at radius 2 is 2.00 bits per heavy atom. The zero-order valence-electron chi connectivity index (χ0n) is 7.88. The number of benzene rings is 1. The molecule has 0 atom stereocenters. The van der Waals surface area contributed by atoms with Gasteiger partial charge >= 0.3 is 0 Å². The molecule has 0 saturated carbocycles. The molecule has 0 fully saturated rings. The first-order valence-corrected chi connectivity index (χ1v) is 3.89. The van der Waals surface area contributed by atoms with Gasteiger partial charge in [0.2, 0.25) is 0 Å². The number of phenolic OH excluding ortho intramolecular Hbond substituents is 1. The van der Waals surface area contributed by atoms with Crippen molar-refractivity contribution >= 4 is 0 Å². The van der Waals surface area contributed by atoms with Gasteiger partial charge in [-0.05, 0) is 25.0 Å². The van der Waals surface area contributed by atoms with Crippen LogP contribution in [0.25, 0.3) is 0 Å². The minimum Gasteiger partial charge on any atom is -0.506 e. The van der Waals surface area contributed by atoms with E-state index in [-0.39, 0.29) is 11.3 Å². The van der Waals surface area contributed by atoms with Crippen LogP contribution in [0.3, 0.4) is 0 Å². The predicted molar refractivity (Wildman–Crippen MR) is 48.8 cm³/mol. The summed E-state index contributed by atoms with van der Waals surface area (Å²) in [6.07, 6.45) is 0. The molecule has 1 aromatic carbocycles. The topological polar surface area (TPSA) is 53.2 Å². The Morgan fingerprint density at radius 1 is 1.38 bits per heavy atom. The number of methoxy groups -OCH3 is 1. The van der Waals surface area contributed by atoms with E-state index in [0.717, 1.165) is 5.56 Å². The molecule has 0 amide bonds. The first kappa shape index (κ1) is 9.40. The van der Waals surface area contributed by atoms with Crippen molar-refractivity contribution in [3.8, 4) is 17.6 Å². The van der Waals surface area contributed by atoms with E-state index in [1.165, 1.54) is 6.07 Å². The van der Waals surface area contributed by atoms with E-state index in [0.29, 0.717) is 11.3 Å². The van der Waals surface area contributed by atoms with Gasteiger partial charge in [0.05, 0.1) is 12.7 Å². The molecule has 0 heterocycles. The fourth-order valence-electron chi connectivity index (χ4n) is 1.17. The molecule has 0 saturated heterocycles. The Kier molecular flexibility index (Phi) is 2.43. The maximum atomic E-state index is 9.52. The van der Waals surface area contributed by atoms with Crippen LogP contribution in [0.15, 0.2) is 6.07 Å². The number of hydrogen-bond acceptors (Lipinski definition) is 3. The van der Waals surface area contributed by atoms with Gasteiger partial charge in [0.15, 0.2) is 0 Å². The fraction of sp³-hybridized carbons (Fsp3) is 0.300. The zero-order valence-corrected chi connectivity index (χ0v) is 7.88. The summed E-state index contributed by atoms with van der Waals surface area (Å²) in [5.74, 6) is 0.674. The molecular formula is C10H11NO2. The van der Waals surface area contributed by atoms with Crippen molar-refractivity contribution in [2.45, 2.75) is 13.8 Å². The highest BCUT2D eigenvalue weighted by atomic mass is 16.5. The molecule has 0 bridgehead atoms. The SMILES string of the molecule is COc1cc(C#N)c(O)c(C)c1C. The van der Waals surface area contributed by atoms with Crippen molar-refractivity contribution in [1.82, 2.24) is 0 Å². The lowest BCUT2D eigenvalue weighted by Gasteiger charge is -2.09. The maximum absolute atomic E-state index is 9.52. The standard InChI is InChI=1S/C10H11NO2/c1-6-7(2)10(12)8(5-11)4-9(6)13-3/h4,12H,1-3H3. The average Bonchev–Trinajstić information content (AvgIpc) is 2.15. The quantitative estimate of drug-likeness (QED) is 0.712. The highest BCUT2D eigenvalue weighted by Gasteiger charge is 2.11. The summed E-state index contributed by atoms with van der Waals surface area (Å²) >= 11 is 0. The van der Waals surface area contributed by atoms with Crippen molar-refractivity contribution in [1.29, 1.82) is 5.26 Å². The third-order valence-corrected chi connectivity index (χ3v) is 2.16. The average molecular weight is 177 g/mol. The Balaban J connectivity index is 3.48. The second kappa shape index (κ2) is 3.36. The lowest BCUT2D eigenvalue weighted by molar-refractivity contribution is 0.407. The van der Waals surface area contributed by atoms with Gasteiger partial charge in [0.25, 0.3) is 0 Å². The van der Waals surface area contributed by atoms with Crippen molar-refractivity contribution in [2.24, 2.45) is 0 Å². The Bertz CT molecular complexity index is 377. The van der Waals surface area contributed by atoms with Gasteiger partial charge in [0, 0.05) is 6.07 Å². The molecule has 3 nitrogen and oxygen atoms in total. The molecule has 0 aliphatic carbocycles. The van der Waals surface area contributed by atoms with Crippen molar-refractivity contribution in [2.75, 3.05) is 7.11 Å². The van der Waals surface area contributed by atoms with Crippen LogP contribution in [0.2, 0.25) is 0 Å². The number of nitrogens with zero attached hydrogens (tertiary/aromatic N) is 1. The molecule has 1 aromatic rings. The Labute approximate surface area is 77.2 Å². The first-order chi connectivity index (χ1) is 6.11. The highest BCUT2D eigenvalue weighted by molar-refractivity contribution is 5.56. The fourth-order valence-corrected chi connectivity index (χ4v) is 1.17. The van der Waals surface area contributed by atoms with E-state index in [2.05, 4.69) is 0 Å². The molecule has 0 unspecified atom stereocenters. The van der Waals surface area contributed by atoms with Crippen LogP contribution < -0.4 is 4.74 Å². The van der Waals surface area contributed by atoms with Crippen LogP contribution in [0, 0.1) is 25.2 Å². The number of rotatable bonds is 1. The minimum atomic E-state index is 0.0424. The van der Waals surface area contributed by atoms with Gasteiger partial charge < -0.3 is 9.84 Å². The molecule has 0 aromatic heterocycles. The highest BCUT2D eigenvalue weighted by Crippen LogP contribution is 2.31. The van der Waals surface area contributed by atoms with E-state index < -0.39 is 0 Å². The second-order valence-electron chi connectivity index (χ2n) is 2.84. The predicted octanol–water partition coefficient (Wildman–Crippen LogP) is 1.89. The molecule has 68 valence electrons. The van der Waals surface area contributed by atoms with Gasteiger partial charge in [-0.1, -0.05) is 0 Å². The van der Waals surface area contributed by atoms with E-state index in [4.69, 9.17) is 10.00 Å². The number of ether oxygens (including phenoxy) is 1. The Morgan fingerprint density at radius 3 is 2.46 bits per heavy atom. The normalized spacial score (nSPS) is 9.38.